The van der Waals surface area contributed by atoms with E-state index in [0.717, 1.165) is 38.8 Å². The zero-order valence-corrected chi connectivity index (χ0v) is 12.9. The number of hydrogen-bond donors (Lipinski definition) is 2. The van der Waals surface area contributed by atoms with Crippen LogP contribution in [-0.2, 0) is 14.8 Å². The highest BCUT2D eigenvalue weighted by atomic mass is 32.2. The van der Waals surface area contributed by atoms with Gasteiger partial charge in [0.15, 0.2) is 0 Å². The van der Waals surface area contributed by atoms with E-state index < -0.39 is 10.0 Å². The molecule has 1 atom stereocenters. The van der Waals surface area contributed by atoms with Crippen LogP contribution >= 0.6 is 0 Å². The molecule has 0 radical (unpaired) electrons. The Hall–Kier alpha value is -0.950. The van der Waals surface area contributed by atoms with Gasteiger partial charge in [0.05, 0.1) is 16.6 Å². The van der Waals surface area contributed by atoms with Crippen LogP contribution in [0, 0.1) is 0 Å². The van der Waals surface area contributed by atoms with Crippen LogP contribution in [0.25, 0.3) is 0 Å². The minimum Gasteiger partial charge on any atom is -0.370 e. The lowest BCUT2D eigenvalue weighted by atomic mass is 9.89. The van der Waals surface area contributed by atoms with Crippen molar-refractivity contribution in [3.05, 3.63) is 30.3 Å². The van der Waals surface area contributed by atoms with Gasteiger partial charge in [-0.05, 0) is 50.9 Å². The molecule has 1 unspecified atom stereocenters. The molecule has 2 aliphatic rings. The molecule has 1 aromatic rings. The van der Waals surface area contributed by atoms with Crippen LogP contribution in [0.5, 0.6) is 0 Å². The van der Waals surface area contributed by atoms with Crippen molar-refractivity contribution < 1.29 is 13.2 Å². The number of piperidine rings is 1. The van der Waals surface area contributed by atoms with Crippen LogP contribution in [0.2, 0.25) is 0 Å². The molecule has 6 heteroatoms. The molecule has 5 nitrogen and oxygen atoms in total. The Balaban J connectivity index is 1.56. The second kappa shape index (κ2) is 6.04. The molecule has 21 heavy (non-hydrogen) atoms. The van der Waals surface area contributed by atoms with Gasteiger partial charge in [0.25, 0.3) is 0 Å². The molecule has 2 aliphatic heterocycles. The minimum absolute atomic E-state index is 0.0124. The first-order chi connectivity index (χ1) is 10.1. The molecule has 3 rings (SSSR count). The number of hydrogen-bond acceptors (Lipinski definition) is 4. The predicted octanol–water partition coefficient (Wildman–Crippen LogP) is 1.27. The molecule has 0 saturated carbocycles. The summed E-state index contributed by atoms with van der Waals surface area (Å²) in [6.07, 6.45) is 4.00. The molecule has 0 aliphatic carbocycles. The van der Waals surface area contributed by atoms with Gasteiger partial charge in [-0.2, -0.15) is 0 Å². The third-order valence-electron chi connectivity index (χ3n) is 4.41. The molecule has 1 spiro atoms. The third kappa shape index (κ3) is 3.45. The van der Waals surface area contributed by atoms with Crippen molar-refractivity contribution in [2.45, 2.75) is 42.3 Å². The van der Waals surface area contributed by atoms with E-state index in [-0.39, 0.29) is 11.7 Å². The highest BCUT2D eigenvalue weighted by molar-refractivity contribution is 7.89. The van der Waals surface area contributed by atoms with Crippen molar-refractivity contribution in [3.63, 3.8) is 0 Å². The Kier molecular flexibility index (Phi) is 4.31. The van der Waals surface area contributed by atoms with Crippen LogP contribution in [0.1, 0.15) is 25.7 Å². The fourth-order valence-electron chi connectivity index (χ4n) is 3.18. The Morgan fingerprint density at radius 1 is 1.19 bits per heavy atom. The predicted molar refractivity (Wildman–Crippen MR) is 80.6 cm³/mol. The highest BCUT2D eigenvalue weighted by Gasteiger charge is 2.40. The topological polar surface area (TPSA) is 67.4 Å². The van der Waals surface area contributed by atoms with Gasteiger partial charge in [0.1, 0.15) is 0 Å². The van der Waals surface area contributed by atoms with Crippen molar-refractivity contribution in [2.75, 3.05) is 19.6 Å². The Bertz CT molecular complexity index is 568. The fourth-order valence-corrected chi connectivity index (χ4v) is 4.26. The van der Waals surface area contributed by atoms with E-state index in [2.05, 4.69) is 10.0 Å². The number of nitrogens with one attached hydrogen (secondary N) is 2. The van der Waals surface area contributed by atoms with Crippen LogP contribution in [-0.4, -0.2) is 39.8 Å². The average molecular weight is 310 g/mol. The number of rotatable bonds is 4. The highest BCUT2D eigenvalue weighted by Crippen LogP contribution is 2.37. The maximum Gasteiger partial charge on any atom is 0.240 e. The molecular formula is C15H22N2O3S. The zero-order valence-electron chi connectivity index (χ0n) is 12.0. The largest absolute Gasteiger partial charge is 0.370 e. The van der Waals surface area contributed by atoms with E-state index >= 15 is 0 Å². The van der Waals surface area contributed by atoms with E-state index in [9.17, 15) is 8.42 Å². The van der Waals surface area contributed by atoms with Crippen LogP contribution < -0.4 is 10.0 Å². The number of ether oxygens (including phenoxy) is 1. The van der Waals surface area contributed by atoms with E-state index in [1.54, 1.807) is 30.3 Å². The molecule has 1 aromatic carbocycles. The summed E-state index contributed by atoms with van der Waals surface area (Å²) in [5.41, 5.74) is -0.0197. The van der Waals surface area contributed by atoms with Gasteiger partial charge in [-0.25, -0.2) is 13.1 Å². The molecule has 0 bridgehead atoms. The van der Waals surface area contributed by atoms with Gasteiger partial charge in [0, 0.05) is 6.54 Å². The summed E-state index contributed by atoms with van der Waals surface area (Å²) in [6.45, 7) is 2.33. The molecule has 2 N–H and O–H groups in total. The van der Waals surface area contributed by atoms with E-state index in [1.807, 2.05) is 0 Å². The summed E-state index contributed by atoms with van der Waals surface area (Å²) in [5.74, 6) is 0. The quantitative estimate of drug-likeness (QED) is 0.879. The van der Waals surface area contributed by atoms with Crippen molar-refractivity contribution in [1.29, 1.82) is 0 Å². The SMILES string of the molecule is O=S(=O)(NCC1CCC2(CCNCC2)O1)c1ccccc1. The van der Waals surface area contributed by atoms with Crippen molar-refractivity contribution in [1.82, 2.24) is 10.0 Å². The lowest BCUT2D eigenvalue weighted by molar-refractivity contribution is -0.0567. The van der Waals surface area contributed by atoms with Crippen LogP contribution in [0.3, 0.4) is 0 Å². The van der Waals surface area contributed by atoms with Crippen LogP contribution in [0.15, 0.2) is 35.2 Å². The summed E-state index contributed by atoms with van der Waals surface area (Å²) >= 11 is 0. The van der Waals surface area contributed by atoms with Gasteiger partial charge >= 0.3 is 0 Å². The first-order valence-corrected chi connectivity index (χ1v) is 9.01. The van der Waals surface area contributed by atoms with Crippen molar-refractivity contribution in [2.24, 2.45) is 0 Å². The average Bonchev–Trinajstić information content (AvgIpc) is 2.90. The molecule has 0 aromatic heterocycles. The lowest BCUT2D eigenvalue weighted by Gasteiger charge is -2.33. The monoisotopic (exact) mass is 310 g/mol. The van der Waals surface area contributed by atoms with Gasteiger partial charge in [-0.3, -0.25) is 0 Å². The summed E-state index contributed by atoms with van der Waals surface area (Å²) < 4.78 is 33.2. The number of sulfonamides is 1. The summed E-state index contributed by atoms with van der Waals surface area (Å²) in [5, 5.41) is 3.34. The minimum atomic E-state index is -3.43. The van der Waals surface area contributed by atoms with E-state index in [0.29, 0.717) is 11.4 Å². The summed E-state index contributed by atoms with van der Waals surface area (Å²) in [4.78, 5) is 0.305. The zero-order chi connectivity index (χ0) is 14.8. The second-order valence-electron chi connectivity index (χ2n) is 5.88. The molecular weight excluding hydrogens is 288 g/mol. The van der Waals surface area contributed by atoms with Crippen molar-refractivity contribution in [3.8, 4) is 0 Å². The van der Waals surface area contributed by atoms with Gasteiger partial charge in [0.2, 0.25) is 10.0 Å². The molecule has 2 saturated heterocycles. The molecule has 116 valence electrons. The maximum atomic E-state index is 12.2. The Morgan fingerprint density at radius 3 is 2.62 bits per heavy atom. The first kappa shape index (κ1) is 15.0. The lowest BCUT2D eigenvalue weighted by Crippen LogP contribution is -2.43. The Morgan fingerprint density at radius 2 is 1.90 bits per heavy atom. The van der Waals surface area contributed by atoms with Crippen LogP contribution in [0.4, 0.5) is 0 Å². The van der Waals surface area contributed by atoms with Gasteiger partial charge in [-0.15, -0.1) is 0 Å². The normalized spacial score (nSPS) is 25.2. The Labute approximate surface area is 126 Å². The van der Waals surface area contributed by atoms with Gasteiger partial charge < -0.3 is 10.1 Å². The fraction of sp³-hybridized carbons (Fsp3) is 0.600. The molecule has 0 amide bonds. The van der Waals surface area contributed by atoms with E-state index in [1.165, 1.54) is 0 Å². The standard InChI is InChI=1S/C15H22N2O3S/c18-21(19,14-4-2-1-3-5-14)17-12-13-6-7-15(20-13)8-10-16-11-9-15/h1-5,13,16-17H,6-12H2. The summed E-state index contributed by atoms with van der Waals surface area (Å²) in [6, 6.07) is 8.47. The smallest absolute Gasteiger partial charge is 0.240 e. The van der Waals surface area contributed by atoms with E-state index in [4.69, 9.17) is 4.74 Å². The molecule has 2 heterocycles. The second-order valence-corrected chi connectivity index (χ2v) is 7.64. The maximum absolute atomic E-state index is 12.2. The first-order valence-electron chi connectivity index (χ1n) is 7.53. The number of benzene rings is 1. The molecule has 2 fully saturated rings. The summed E-state index contributed by atoms with van der Waals surface area (Å²) in [7, 11) is -3.43. The van der Waals surface area contributed by atoms with Gasteiger partial charge in [-0.1, -0.05) is 18.2 Å². The van der Waals surface area contributed by atoms with Crippen molar-refractivity contribution >= 4 is 10.0 Å². The third-order valence-corrected chi connectivity index (χ3v) is 5.85.